The second-order valence-electron chi connectivity index (χ2n) is 8.94. The van der Waals surface area contributed by atoms with Crippen LogP contribution in [0.5, 0.6) is 17.2 Å². The second kappa shape index (κ2) is 15.2. The van der Waals surface area contributed by atoms with E-state index in [9.17, 15) is 18.0 Å². The molecule has 0 unspecified atom stereocenters. The lowest BCUT2D eigenvalue weighted by molar-refractivity contribution is -0.148. The van der Waals surface area contributed by atoms with Gasteiger partial charge in [0.2, 0.25) is 10.0 Å². The van der Waals surface area contributed by atoms with Gasteiger partial charge >= 0.3 is 12.1 Å². The van der Waals surface area contributed by atoms with E-state index in [2.05, 4.69) is 0 Å². The number of nitrogens with two attached hydrogens (primary N) is 1. The third-order valence-electron chi connectivity index (χ3n) is 5.60. The van der Waals surface area contributed by atoms with Crippen molar-refractivity contribution in [1.29, 1.82) is 0 Å². The van der Waals surface area contributed by atoms with Crippen LogP contribution >= 0.6 is 0 Å². The van der Waals surface area contributed by atoms with E-state index >= 15 is 0 Å². The van der Waals surface area contributed by atoms with Gasteiger partial charge in [0.1, 0.15) is 30.5 Å². The minimum absolute atomic E-state index is 0.0700. The maximum Gasteiger partial charge on any atom is 0.410 e. The Labute approximate surface area is 230 Å². The zero-order valence-corrected chi connectivity index (χ0v) is 23.9. The van der Waals surface area contributed by atoms with Gasteiger partial charge in [-0.1, -0.05) is 32.0 Å². The van der Waals surface area contributed by atoms with Crippen molar-refractivity contribution < 1.29 is 41.7 Å². The van der Waals surface area contributed by atoms with E-state index in [1.165, 1.54) is 24.1 Å². The average molecular weight is 567 g/mol. The predicted octanol–water partition coefficient (Wildman–Crippen LogP) is 3.39. The van der Waals surface area contributed by atoms with E-state index < -0.39 is 22.2 Å². The van der Waals surface area contributed by atoms with Crippen LogP contribution in [0.4, 0.5) is 4.79 Å². The van der Waals surface area contributed by atoms with Crippen molar-refractivity contribution in [1.82, 2.24) is 4.90 Å². The molecule has 0 fully saturated rings. The minimum Gasteiger partial charge on any atom is -0.495 e. The number of hydrogen-bond donors (Lipinski definition) is 1. The molecule has 0 heterocycles. The van der Waals surface area contributed by atoms with Gasteiger partial charge in [0.05, 0.1) is 26.2 Å². The molecule has 0 saturated carbocycles. The number of benzene rings is 2. The highest BCUT2D eigenvalue weighted by Gasteiger charge is 2.24. The number of hydrogen-bond acceptors (Lipinski definition) is 9. The normalized spacial score (nSPS) is 12.0. The Morgan fingerprint density at radius 2 is 1.56 bits per heavy atom. The maximum atomic E-state index is 13.0. The fourth-order valence-electron chi connectivity index (χ4n) is 3.63. The molecule has 11 nitrogen and oxygen atoms in total. The van der Waals surface area contributed by atoms with Crippen LogP contribution in [0.1, 0.15) is 33.3 Å². The Morgan fingerprint density at radius 3 is 2.15 bits per heavy atom. The first kappa shape index (κ1) is 31.7. The minimum atomic E-state index is -4.03. The first-order chi connectivity index (χ1) is 18.5. The standard InChI is InChI=1S/C27H38N2O9S/c1-6-35-22-9-7-8-10-23(22)36-14-13-29(27(31)38-16-15-37-26(30)19(2)3)20(4)17-21-11-12-24(34-5)25(18-21)39(28,32)33/h7-12,18-20H,6,13-17H2,1-5H3,(H2,28,32,33)/t20-/m1/s1. The molecular formula is C27H38N2O9S. The Hall–Kier alpha value is -3.51. The van der Waals surface area contributed by atoms with Crippen molar-refractivity contribution in [3.05, 3.63) is 48.0 Å². The van der Waals surface area contributed by atoms with E-state index in [4.69, 9.17) is 28.8 Å². The molecule has 0 aliphatic heterocycles. The molecule has 0 saturated heterocycles. The second-order valence-corrected chi connectivity index (χ2v) is 10.5. The van der Waals surface area contributed by atoms with E-state index in [0.717, 1.165) is 0 Å². The van der Waals surface area contributed by atoms with E-state index in [0.29, 0.717) is 30.1 Å². The predicted molar refractivity (Wildman–Crippen MR) is 144 cm³/mol. The molecule has 0 spiro atoms. The van der Waals surface area contributed by atoms with Gasteiger partial charge in [-0.05, 0) is 50.1 Å². The molecule has 0 aromatic heterocycles. The zero-order chi connectivity index (χ0) is 29.0. The summed E-state index contributed by atoms with van der Waals surface area (Å²) in [6, 6.07) is 11.4. The molecule has 2 N–H and O–H groups in total. The number of carbonyl (C=O) groups is 2. The third-order valence-corrected chi connectivity index (χ3v) is 6.53. The van der Waals surface area contributed by atoms with Gasteiger partial charge in [-0.25, -0.2) is 18.4 Å². The van der Waals surface area contributed by atoms with Crippen molar-refractivity contribution in [2.75, 3.05) is 40.1 Å². The molecule has 0 aliphatic carbocycles. The van der Waals surface area contributed by atoms with Gasteiger partial charge in [0, 0.05) is 6.04 Å². The Balaban J connectivity index is 2.16. The van der Waals surface area contributed by atoms with Crippen molar-refractivity contribution >= 4 is 22.1 Å². The van der Waals surface area contributed by atoms with Crippen LogP contribution in [0.25, 0.3) is 0 Å². The number of nitrogens with zero attached hydrogens (tertiary/aromatic N) is 1. The third kappa shape index (κ3) is 9.95. The van der Waals surface area contributed by atoms with Crippen LogP contribution in [0.15, 0.2) is 47.4 Å². The molecule has 0 bridgehead atoms. The lowest BCUT2D eigenvalue weighted by Gasteiger charge is -2.29. The Morgan fingerprint density at radius 1 is 0.923 bits per heavy atom. The summed E-state index contributed by atoms with van der Waals surface area (Å²) in [7, 11) is -2.67. The van der Waals surface area contributed by atoms with Gasteiger partial charge in [-0.3, -0.25) is 4.79 Å². The van der Waals surface area contributed by atoms with Crippen LogP contribution in [0, 0.1) is 5.92 Å². The number of sulfonamides is 1. The summed E-state index contributed by atoms with van der Waals surface area (Å²) in [5, 5.41) is 5.35. The number of para-hydroxylation sites is 2. The molecule has 39 heavy (non-hydrogen) atoms. The number of carbonyl (C=O) groups excluding carboxylic acids is 2. The van der Waals surface area contributed by atoms with E-state index in [1.807, 2.05) is 19.1 Å². The maximum absolute atomic E-state index is 13.0. The number of primary sulfonamides is 1. The van der Waals surface area contributed by atoms with Crippen LogP contribution in [-0.2, 0) is 30.7 Å². The zero-order valence-electron chi connectivity index (χ0n) is 23.0. The fourth-order valence-corrected chi connectivity index (χ4v) is 4.38. The lowest BCUT2D eigenvalue weighted by atomic mass is 10.1. The van der Waals surface area contributed by atoms with Gasteiger partial charge in [0.25, 0.3) is 0 Å². The highest BCUT2D eigenvalue weighted by atomic mass is 32.2. The molecule has 0 radical (unpaired) electrons. The number of ether oxygens (including phenoxy) is 5. The molecule has 2 aromatic carbocycles. The molecule has 2 rings (SSSR count). The van der Waals surface area contributed by atoms with Crippen LogP contribution in [0.2, 0.25) is 0 Å². The average Bonchev–Trinajstić information content (AvgIpc) is 2.89. The summed E-state index contributed by atoms with van der Waals surface area (Å²) in [6.07, 6.45) is -0.343. The van der Waals surface area contributed by atoms with Gasteiger partial charge in [-0.2, -0.15) is 0 Å². The summed E-state index contributed by atoms with van der Waals surface area (Å²) >= 11 is 0. The monoisotopic (exact) mass is 566 g/mol. The summed E-state index contributed by atoms with van der Waals surface area (Å²) in [5.74, 6) is 0.572. The first-order valence-electron chi connectivity index (χ1n) is 12.6. The SMILES string of the molecule is CCOc1ccccc1OCCN(C(=O)OCCOC(=O)C(C)C)[C@H](C)Cc1ccc(OC)c(S(N)(=O)=O)c1. The van der Waals surface area contributed by atoms with Crippen molar-refractivity contribution in [3.63, 3.8) is 0 Å². The molecule has 12 heteroatoms. The van der Waals surface area contributed by atoms with Gasteiger partial charge in [-0.15, -0.1) is 0 Å². The largest absolute Gasteiger partial charge is 0.495 e. The number of esters is 1. The van der Waals surface area contributed by atoms with Crippen molar-refractivity contribution in [2.24, 2.45) is 11.1 Å². The summed E-state index contributed by atoms with van der Waals surface area (Å²) in [5.41, 5.74) is 0.624. The fraction of sp³-hybridized carbons (Fsp3) is 0.481. The summed E-state index contributed by atoms with van der Waals surface area (Å²) in [6.45, 7) is 7.67. The Kier molecular flexibility index (Phi) is 12.3. The molecule has 2 aromatic rings. The van der Waals surface area contributed by atoms with Crippen LogP contribution < -0.4 is 19.3 Å². The molecule has 0 aliphatic rings. The molecule has 1 amide bonds. The number of amides is 1. The summed E-state index contributed by atoms with van der Waals surface area (Å²) in [4.78, 5) is 26.0. The topological polar surface area (TPSA) is 144 Å². The first-order valence-corrected chi connectivity index (χ1v) is 14.2. The van der Waals surface area contributed by atoms with Crippen LogP contribution in [-0.4, -0.2) is 71.5 Å². The van der Waals surface area contributed by atoms with Crippen molar-refractivity contribution in [3.8, 4) is 17.2 Å². The lowest BCUT2D eigenvalue weighted by Crippen LogP contribution is -2.43. The Bertz CT molecular complexity index is 1200. The van der Waals surface area contributed by atoms with Crippen LogP contribution in [0.3, 0.4) is 0 Å². The highest BCUT2D eigenvalue weighted by Crippen LogP contribution is 2.27. The van der Waals surface area contributed by atoms with Crippen molar-refractivity contribution in [2.45, 2.75) is 45.1 Å². The van der Waals surface area contributed by atoms with Gasteiger partial charge in [0.15, 0.2) is 11.5 Å². The number of methoxy groups -OCH3 is 1. The highest BCUT2D eigenvalue weighted by molar-refractivity contribution is 7.89. The van der Waals surface area contributed by atoms with E-state index in [1.54, 1.807) is 39.0 Å². The smallest absolute Gasteiger partial charge is 0.410 e. The quantitative estimate of drug-likeness (QED) is 0.253. The molecule has 216 valence electrons. The molecular weight excluding hydrogens is 528 g/mol. The summed E-state index contributed by atoms with van der Waals surface area (Å²) < 4.78 is 51.1. The molecule has 1 atom stereocenters. The van der Waals surface area contributed by atoms with Gasteiger partial charge < -0.3 is 28.6 Å². The van der Waals surface area contributed by atoms with E-state index in [-0.39, 0.29) is 48.9 Å². The number of rotatable bonds is 15.